The SMILES string of the molecule is O=C1CN(c2ccc(Cl)cc2)C(=O)N1C1CCCC1. The van der Waals surface area contributed by atoms with Crippen LogP contribution in [0.2, 0.25) is 5.02 Å². The summed E-state index contributed by atoms with van der Waals surface area (Å²) in [5.74, 6) is -0.0909. The van der Waals surface area contributed by atoms with Crippen LogP contribution in [0, 0.1) is 0 Å². The van der Waals surface area contributed by atoms with Gasteiger partial charge in [0.1, 0.15) is 6.54 Å². The van der Waals surface area contributed by atoms with Crippen LogP contribution in [0.1, 0.15) is 25.7 Å². The third-order valence-corrected chi connectivity index (χ3v) is 4.08. The maximum absolute atomic E-state index is 12.4. The van der Waals surface area contributed by atoms with Crippen molar-refractivity contribution < 1.29 is 9.59 Å². The molecular weight excluding hydrogens is 264 g/mol. The summed E-state index contributed by atoms with van der Waals surface area (Å²) in [4.78, 5) is 27.4. The third kappa shape index (κ3) is 2.21. The van der Waals surface area contributed by atoms with Gasteiger partial charge in [0.25, 0.3) is 5.91 Å². The minimum Gasteiger partial charge on any atom is -0.285 e. The second kappa shape index (κ2) is 4.85. The molecule has 0 atom stereocenters. The van der Waals surface area contributed by atoms with E-state index in [0.717, 1.165) is 31.4 Å². The maximum Gasteiger partial charge on any atom is 0.331 e. The number of anilines is 1. The van der Waals surface area contributed by atoms with Crippen molar-refractivity contribution in [1.82, 2.24) is 4.90 Å². The quantitative estimate of drug-likeness (QED) is 0.780. The summed E-state index contributed by atoms with van der Waals surface area (Å²) in [6, 6.07) is 6.90. The predicted molar refractivity (Wildman–Crippen MR) is 73.3 cm³/mol. The molecule has 3 amide bonds. The van der Waals surface area contributed by atoms with E-state index in [-0.39, 0.29) is 24.5 Å². The molecule has 5 heteroatoms. The Morgan fingerprint density at radius 3 is 2.32 bits per heavy atom. The van der Waals surface area contributed by atoms with E-state index in [1.165, 1.54) is 9.80 Å². The van der Waals surface area contributed by atoms with Gasteiger partial charge in [0, 0.05) is 16.8 Å². The monoisotopic (exact) mass is 278 g/mol. The Morgan fingerprint density at radius 1 is 1.05 bits per heavy atom. The molecule has 1 aliphatic heterocycles. The van der Waals surface area contributed by atoms with Crippen LogP contribution in [0.5, 0.6) is 0 Å². The zero-order chi connectivity index (χ0) is 13.4. The highest BCUT2D eigenvalue weighted by atomic mass is 35.5. The number of carbonyl (C=O) groups is 2. The van der Waals surface area contributed by atoms with Crippen LogP contribution in [0.3, 0.4) is 0 Å². The molecule has 4 nitrogen and oxygen atoms in total. The molecule has 0 spiro atoms. The molecule has 0 radical (unpaired) electrons. The maximum atomic E-state index is 12.4. The second-order valence-electron chi connectivity index (χ2n) is 5.05. The van der Waals surface area contributed by atoms with E-state index in [2.05, 4.69) is 0 Å². The van der Waals surface area contributed by atoms with Crippen LogP contribution in [0.25, 0.3) is 0 Å². The minimum atomic E-state index is -0.195. The molecule has 1 aromatic rings. The summed E-state index contributed by atoms with van der Waals surface area (Å²) in [5, 5.41) is 0.620. The minimum absolute atomic E-state index is 0.0909. The van der Waals surface area contributed by atoms with Gasteiger partial charge >= 0.3 is 6.03 Å². The van der Waals surface area contributed by atoms with Crippen molar-refractivity contribution in [3.8, 4) is 0 Å². The smallest absolute Gasteiger partial charge is 0.285 e. The van der Waals surface area contributed by atoms with Crippen molar-refractivity contribution in [1.29, 1.82) is 0 Å². The van der Waals surface area contributed by atoms with Gasteiger partial charge < -0.3 is 0 Å². The van der Waals surface area contributed by atoms with Crippen LogP contribution in [-0.2, 0) is 4.79 Å². The fourth-order valence-electron chi connectivity index (χ4n) is 2.86. The average Bonchev–Trinajstić information content (AvgIpc) is 2.99. The van der Waals surface area contributed by atoms with Gasteiger partial charge in [0.05, 0.1) is 0 Å². The summed E-state index contributed by atoms with van der Waals surface area (Å²) in [6.07, 6.45) is 4.07. The standard InChI is InChI=1S/C14H15ClN2O2/c15-10-5-7-11(8-6-10)16-9-13(18)17(14(16)19)12-3-1-2-4-12/h5-8,12H,1-4,9H2. The van der Waals surface area contributed by atoms with Gasteiger partial charge in [-0.15, -0.1) is 0 Å². The van der Waals surface area contributed by atoms with Crippen molar-refractivity contribution in [2.24, 2.45) is 0 Å². The number of rotatable bonds is 2. The highest BCUT2D eigenvalue weighted by Crippen LogP contribution is 2.30. The molecule has 0 unspecified atom stereocenters. The van der Waals surface area contributed by atoms with E-state index in [0.29, 0.717) is 5.02 Å². The Balaban J connectivity index is 1.83. The van der Waals surface area contributed by atoms with E-state index >= 15 is 0 Å². The molecule has 1 aliphatic carbocycles. The summed E-state index contributed by atoms with van der Waals surface area (Å²) >= 11 is 5.83. The third-order valence-electron chi connectivity index (χ3n) is 3.83. The molecule has 0 aromatic heterocycles. The number of benzene rings is 1. The molecule has 2 fully saturated rings. The molecule has 1 saturated carbocycles. The summed E-state index contributed by atoms with van der Waals surface area (Å²) in [7, 11) is 0. The van der Waals surface area contributed by atoms with Gasteiger partial charge in [-0.3, -0.25) is 14.6 Å². The number of carbonyl (C=O) groups excluding carboxylic acids is 2. The van der Waals surface area contributed by atoms with Crippen molar-refractivity contribution in [3.63, 3.8) is 0 Å². The van der Waals surface area contributed by atoms with E-state index in [9.17, 15) is 9.59 Å². The van der Waals surface area contributed by atoms with Crippen LogP contribution >= 0.6 is 11.6 Å². The molecule has 100 valence electrons. The zero-order valence-electron chi connectivity index (χ0n) is 10.5. The van der Waals surface area contributed by atoms with E-state index < -0.39 is 0 Å². The number of hydrogen-bond donors (Lipinski definition) is 0. The number of imide groups is 1. The van der Waals surface area contributed by atoms with Gasteiger partial charge in [-0.2, -0.15) is 0 Å². The number of hydrogen-bond acceptors (Lipinski definition) is 2. The van der Waals surface area contributed by atoms with Crippen LogP contribution in [0.4, 0.5) is 10.5 Å². The van der Waals surface area contributed by atoms with E-state index in [1.54, 1.807) is 24.3 Å². The van der Waals surface area contributed by atoms with Gasteiger partial charge in [-0.25, -0.2) is 4.79 Å². The lowest BCUT2D eigenvalue weighted by Crippen LogP contribution is -2.39. The van der Waals surface area contributed by atoms with Crippen molar-refractivity contribution in [3.05, 3.63) is 29.3 Å². The number of halogens is 1. The fraction of sp³-hybridized carbons (Fsp3) is 0.429. The molecule has 1 saturated heterocycles. The predicted octanol–water partition coefficient (Wildman–Crippen LogP) is 3.05. The van der Waals surface area contributed by atoms with Crippen LogP contribution < -0.4 is 4.90 Å². The highest BCUT2D eigenvalue weighted by molar-refractivity contribution is 6.30. The van der Waals surface area contributed by atoms with E-state index in [4.69, 9.17) is 11.6 Å². The Morgan fingerprint density at radius 2 is 1.68 bits per heavy atom. The summed E-state index contributed by atoms with van der Waals surface area (Å²) in [5.41, 5.74) is 0.725. The Hall–Kier alpha value is -1.55. The van der Waals surface area contributed by atoms with E-state index in [1.807, 2.05) is 0 Å². The molecule has 0 N–H and O–H groups in total. The average molecular weight is 279 g/mol. The molecule has 0 bridgehead atoms. The lowest BCUT2D eigenvalue weighted by molar-refractivity contribution is -0.126. The Kier molecular flexibility index (Phi) is 3.19. The topological polar surface area (TPSA) is 40.6 Å². The van der Waals surface area contributed by atoms with Crippen LogP contribution in [-0.4, -0.2) is 29.4 Å². The zero-order valence-corrected chi connectivity index (χ0v) is 11.3. The summed E-state index contributed by atoms with van der Waals surface area (Å²) < 4.78 is 0. The normalized spacial score (nSPS) is 20.7. The lowest BCUT2D eigenvalue weighted by Gasteiger charge is -2.22. The largest absolute Gasteiger partial charge is 0.331 e. The molecule has 19 heavy (non-hydrogen) atoms. The van der Waals surface area contributed by atoms with Gasteiger partial charge in [0.2, 0.25) is 0 Å². The van der Waals surface area contributed by atoms with Gasteiger partial charge in [-0.1, -0.05) is 24.4 Å². The van der Waals surface area contributed by atoms with Crippen LogP contribution in [0.15, 0.2) is 24.3 Å². The summed E-state index contributed by atoms with van der Waals surface area (Å²) in [6.45, 7) is 0.136. The molecular formula is C14H15ClN2O2. The number of urea groups is 1. The molecule has 3 rings (SSSR count). The molecule has 1 heterocycles. The van der Waals surface area contributed by atoms with Crippen molar-refractivity contribution in [2.75, 3.05) is 11.4 Å². The fourth-order valence-corrected chi connectivity index (χ4v) is 2.99. The van der Waals surface area contributed by atoms with Gasteiger partial charge in [0.15, 0.2) is 0 Å². The van der Waals surface area contributed by atoms with Crippen molar-refractivity contribution in [2.45, 2.75) is 31.7 Å². The van der Waals surface area contributed by atoms with Gasteiger partial charge in [-0.05, 0) is 37.1 Å². The second-order valence-corrected chi connectivity index (χ2v) is 5.48. The highest BCUT2D eigenvalue weighted by Gasteiger charge is 2.41. The Labute approximate surface area is 116 Å². The first-order valence-corrected chi connectivity index (χ1v) is 6.94. The molecule has 1 aromatic carbocycles. The first kappa shape index (κ1) is 12.5. The Bertz CT molecular complexity index is 509. The number of nitrogens with zero attached hydrogens (tertiary/aromatic N) is 2. The molecule has 2 aliphatic rings. The van der Waals surface area contributed by atoms with Crippen molar-refractivity contribution >= 4 is 29.2 Å². The first-order chi connectivity index (χ1) is 9.16. The number of amides is 3. The first-order valence-electron chi connectivity index (χ1n) is 6.56. The lowest BCUT2D eigenvalue weighted by atomic mass is 10.2.